The van der Waals surface area contributed by atoms with Crippen LogP contribution in [0.15, 0.2) is 12.1 Å². The molecule has 0 bridgehead atoms. The first-order valence-corrected chi connectivity index (χ1v) is 11.3. The average molecular weight is 431 g/mol. The maximum absolute atomic E-state index is 12.5. The summed E-state index contributed by atoms with van der Waals surface area (Å²) in [5.74, 6) is 0.907. The third-order valence-electron chi connectivity index (χ3n) is 6.36. The predicted molar refractivity (Wildman–Crippen MR) is 124 cm³/mol. The fourth-order valence-electron chi connectivity index (χ4n) is 3.86. The Bertz CT molecular complexity index is 806. The number of nitrogens with zero attached hydrogens (tertiary/aromatic N) is 3. The van der Waals surface area contributed by atoms with Gasteiger partial charge >= 0.3 is 13.2 Å². The highest BCUT2D eigenvalue weighted by Gasteiger charge is 2.52. The molecule has 0 aromatic carbocycles. The number of hydrogen-bond acceptors (Lipinski definition) is 6. The molecule has 2 aliphatic rings. The molecule has 0 spiro atoms. The molecule has 7 nitrogen and oxygen atoms in total. The Balaban J connectivity index is 1.90. The maximum Gasteiger partial charge on any atom is 0.495 e. The van der Waals surface area contributed by atoms with E-state index in [9.17, 15) is 4.79 Å². The lowest BCUT2D eigenvalue weighted by Crippen LogP contribution is -2.41. The number of ether oxygens (including phenoxy) is 1. The van der Waals surface area contributed by atoms with Gasteiger partial charge in [0.2, 0.25) is 0 Å². The van der Waals surface area contributed by atoms with Crippen molar-refractivity contribution in [2.24, 2.45) is 0 Å². The molecule has 0 N–H and O–H groups in total. The van der Waals surface area contributed by atoms with Crippen molar-refractivity contribution in [1.29, 1.82) is 0 Å². The second kappa shape index (κ2) is 8.28. The van der Waals surface area contributed by atoms with Crippen LogP contribution in [0, 0.1) is 0 Å². The molecule has 1 aromatic heterocycles. The van der Waals surface area contributed by atoms with Crippen molar-refractivity contribution < 1.29 is 18.8 Å². The molecule has 1 aromatic rings. The van der Waals surface area contributed by atoms with Crippen LogP contribution in [0.1, 0.15) is 73.9 Å². The van der Waals surface area contributed by atoms with E-state index in [1.54, 1.807) is 11.9 Å². The summed E-state index contributed by atoms with van der Waals surface area (Å²) in [4.78, 5) is 21.3. The van der Waals surface area contributed by atoms with Crippen molar-refractivity contribution in [2.75, 3.05) is 18.5 Å². The molecule has 172 valence electrons. The summed E-state index contributed by atoms with van der Waals surface area (Å²) in [7, 11) is 1.25. The number of carbonyl (C=O) groups excluding carboxylic acids is 1. The number of carbonyl (C=O) groups is 1. The van der Waals surface area contributed by atoms with E-state index >= 15 is 0 Å². The van der Waals surface area contributed by atoms with Crippen LogP contribution in [0.3, 0.4) is 0 Å². The van der Waals surface area contributed by atoms with Crippen LogP contribution in [0.5, 0.6) is 0 Å². The summed E-state index contributed by atoms with van der Waals surface area (Å²) in [6.07, 6.45) is 1.93. The lowest BCUT2D eigenvalue weighted by Gasteiger charge is -2.32. The largest absolute Gasteiger partial charge is 0.495 e. The zero-order valence-electron chi connectivity index (χ0n) is 20.6. The molecular formula is C23H38BN3O4. The lowest BCUT2D eigenvalue weighted by molar-refractivity contribution is 0.00578. The molecule has 3 rings (SSSR count). The van der Waals surface area contributed by atoms with Crippen LogP contribution in [0.25, 0.3) is 0 Å². The molecule has 1 atom stereocenters. The van der Waals surface area contributed by atoms with Gasteiger partial charge in [0.05, 0.1) is 23.4 Å². The van der Waals surface area contributed by atoms with E-state index in [2.05, 4.69) is 45.6 Å². The van der Waals surface area contributed by atoms with Gasteiger partial charge in [-0.2, -0.15) is 0 Å². The number of aromatic nitrogens is 1. The number of anilines is 1. The third-order valence-corrected chi connectivity index (χ3v) is 6.36. The highest BCUT2D eigenvalue weighted by molar-refractivity contribution is 6.62. The van der Waals surface area contributed by atoms with Crippen molar-refractivity contribution in [2.45, 2.75) is 97.6 Å². The first-order valence-electron chi connectivity index (χ1n) is 11.3. The molecule has 1 amide bonds. The standard InChI is InChI=1S/C23H38BN3O4/c1-16-11-10-12-27(16)19-14-17(24-30-22(5,6)23(7,8)31-24)13-18(25-19)15-26(9)20(28)29-21(2,3)4/h13-14,16H,10-12,15H2,1-9H3/t16-/m1/s1. The zero-order valence-corrected chi connectivity index (χ0v) is 20.6. The number of hydrogen-bond donors (Lipinski definition) is 0. The Morgan fingerprint density at radius 2 is 1.87 bits per heavy atom. The van der Waals surface area contributed by atoms with E-state index in [1.165, 1.54) is 0 Å². The van der Waals surface area contributed by atoms with Crippen LogP contribution < -0.4 is 10.4 Å². The van der Waals surface area contributed by atoms with E-state index in [-0.39, 0.29) is 6.09 Å². The Kier molecular flexibility index (Phi) is 6.37. The monoisotopic (exact) mass is 431 g/mol. The fourth-order valence-corrected chi connectivity index (χ4v) is 3.86. The number of amides is 1. The van der Waals surface area contributed by atoms with Gasteiger partial charge in [0.25, 0.3) is 0 Å². The van der Waals surface area contributed by atoms with Crippen LogP contribution in [-0.2, 0) is 20.6 Å². The Hall–Kier alpha value is -1.80. The van der Waals surface area contributed by atoms with E-state index in [0.29, 0.717) is 12.6 Å². The summed E-state index contributed by atoms with van der Waals surface area (Å²) in [5.41, 5.74) is 0.329. The summed E-state index contributed by atoms with van der Waals surface area (Å²) < 4.78 is 18.1. The van der Waals surface area contributed by atoms with Gasteiger partial charge in [0.1, 0.15) is 11.4 Å². The quantitative estimate of drug-likeness (QED) is 0.677. The van der Waals surface area contributed by atoms with Gasteiger partial charge < -0.3 is 23.8 Å². The Morgan fingerprint density at radius 1 is 1.26 bits per heavy atom. The van der Waals surface area contributed by atoms with Crippen LogP contribution in [-0.4, -0.2) is 59.5 Å². The minimum Gasteiger partial charge on any atom is -0.444 e. The SMILES string of the molecule is C[C@@H]1CCCN1c1cc(B2OC(C)(C)C(C)(C)O2)cc(CN(C)C(=O)OC(C)(C)C)n1. The van der Waals surface area contributed by atoms with Gasteiger partial charge in [-0.25, -0.2) is 9.78 Å². The van der Waals surface area contributed by atoms with E-state index < -0.39 is 23.9 Å². The molecule has 31 heavy (non-hydrogen) atoms. The van der Waals surface area contributed by atoms with Crippen molar-refractivity contribution in [1.82, 2.24) is 9.88 Å². The molecule has 2 aliphatic heterocycles. The topological polar surface area (TPSA) is 64.1 Å². The van der Waals surface area contributed by atoms with E-state index in [4.69, 9.17) is 19.0 Å². The summed E-state index contributed by atoms with van der Waals surface area (Å²) in [5, 5.41) is 0. The van der Waals surface area contributed by atoms with Crippen molar-refractivity contribution >= 4 is 24.5 Å². The first kappa shape index (κ1) is 23.9. The molecular weight excluding hydrogens is 393 g/mol. The number of rotatable bonds is 4. The van der Waals surface area contributed by atoms with Gasteiger partial charge in [0, 0.05) is 19.6 Å². The average Bonchev–Trinajstić information content (AvgIpc) is 3.13. The molecule has 0 saturated carbocycles. The summed E-state index contributed by atoms with van der Waals surface area (Å²) >= 11 is 0. The van der Waals surface area contributed by atoms with Gasteiger partial charge in [-0.1, -0.05) is 0 Å². The van der Waals surface area contributed by atoms with Gasteiger partial charge in [-0.05, 0) is 85.8 Å². The van der Waals surface area contributed by atoms with Crippen LogP contribution in [0.4, 0.5) is 10.6 Å². The zero-order chi connectivity index (χ0) is 23.2. The smallest absolute Gasteiger partial charge is 0.444 e. The first-order chi connectivity index (χ1) is 14.2. The van der Waals surface area contributed by atoms with Crippen molar-refractivity contribution in [3.05, 3.63) is 17.8 Å². The third kappa shape index (κ3) is 5.34. The summed E-state index contributed by atoms with van der Waals surface area (Å²) in [6.45, 7) is 17.3. The molecule has 2 saturated heterocycles. The molecule has 0 radical (unpaired) electrons. The maximum atomic E-state index is 12.5. The minimum atomic E-state index is -0.542. The van der Waals surface area contributed by atoms with Gasteiger partial charge in [-0.3, -0.25) is 0 Å². The highest BCUT2D eigenvalue weighted by Crippen LogP contribution is 2.37. The molecule has 0 unspecified atom stereocenters. The molecule has 3 heterocycles. The second-order valence-corrected chi connectivity index (χ2v) is 10.9. The lowest BCUT2D eigenvalue weighted by atomic mass is 9.79. The normalized spacial score (nSPS) is 22.7. The van der Waals surface area contributed by atoms with Crippen molar-refractivity contribution in [3.8, 4) is 0 Å². The predicted octanol–water partition coefficient (Wildman–Crippen LogP) is 3.74. The highest BCUT2D eigenvalue weighted by atomic mass is 16.7. The molecule has 8 heteroatoms. The van der Waals surface area contributed by atoms with Crippen molar-refractivity contribution in [3.63, 3.8) is 0 Å². The number of pyridine rings is 1. The summed E-state index contributed by atoms with van der Waals surface area (Å²) in [6, 6.07) is 4.48. The Labute approximate surface area is 187 Å². The fraction of sp³-hybridized carbons (Fsp3) is 0.739. The molecule has 2 fully saturated rings. The van der Waals surface area contributed by atoms with Gasteiger partial charge in [-0.15, -0.1) is 0 Å². The van der Waals surface area contributed by atoms with Crippen LogP contribution >= 0.6 is 0 Å². The van der Waals surface area contributed by atoms with Crippen LogP contribution in [0.2, 0.25) is 0 Å². The van der Waals surface area contributed by atoms with E-state index in [1.807, 2.05) is 26.8 Å². The van der Waals surface area contributed by atoms with Gasteiger partial charge in [0.15, 0.2) is 0 Å². The molecule has 0 aliphatic carbocycles. The van der Waals surface area contributed by atoms with E-state index in [0.717, 1.165) is 36.4 Å². The second-order valence-electron chi connectivity index (χ2n) is 10.9. The minimum absolute atomic E-state index is 0.345. The Morgan fingerprint density at radius 3 is 2.39 bits per heavy atom.